The third-order valence-corrected chi connectivity index (χ3v) is 2.34. The van der Waals surface area contributed by atoms with Crippen LogP contribution < -0.4 is 0 Å². The van der Waals surface area contributed by atoms with Crippen LogP contribution in [0.1, 0.15) is 40.5 Å². The van der Waals surface area contributed by atoms with Crippen molar-refractivity contribution in [3.8, 4) is 0 Å². The van der Waals surface area contributed by atoms with Gasteiger partial charge in [-0.3, -0.25) is 0 Å². The maximum Gasteiger partial charge on any atom is 0.160 e. The fourth-order valence-electron chi connectivity index (χ4n) is 1.53. The van der Waals surface area contributed by atoms with Gasteiger partial charge in [0.25, 0.3) is 0 Å². The van der Waals surface area contributed by atoms with Crippen LogP contribution in [0.5, 0.6) is 0 Å². The molecule has 0 spiro atoms. The van der Waals surface area contributed by atoms with E-state index in [4.69, 9.17) is 9.47 Å². The van der Waals surface area contributed by atoms with Crippen molar-refractivity contribution in [2.24, 2.45) is 0 Å². The van der Waals surface area contributed by atoms with Crippen molar-refractivity contribution in [1.82, 2.24) is 0 Å². The summed E-state index contributed by atoms with van der Waals surface area (Å²) in [5.74, 6) is 1.73. The number of hydrogen-bond donors (Lipinski definition) is 0. The van der Waals surface area contributed by atoms with Crippen molar-refractivity contribution in [2.75, 3.05) is 6.61 Å². The van der Waals surface area contributed by atoms with E-state index in [0.29, 0.717) is 6.61 Å². The average molecular weight is 222 g/mol. The lowest BCUT2D eigenvalue weighted by atomic mass is 10.1. The number of rotatable bonds is 4. The number of ether oxygens (including phenoxy) is 2. The summed E-state index contributed by atoms with van der Waals surface area (Å²) in [5.41, 5.74) is 1.25. The van der Waals surface area contributed by atoms with Crippen LogP contribution in [0.4, 0.5) is 0 Å². The Balaban J connectivity index is 2.80. The molecule has 1 rings (SSSR count). The summed E-state index contributed by atoms with van der Waals surface area (Å²) in [5, 5.41) is 0. The fraction of sp³-hybridized carbons (Fsp3) is 0.571. The zero-order valence-electron chi connectivity index (χ0n) is 10.7. The van der Waals surface area contributed by atoms with E-state index < -0.39 is 0 Å². The molecule has 0 aliphatic carbocycles. The van der Waals surface area contributed by atoms with Crippen LogP contribution in [0.25, 0.3) is 0 Å². The second-order valence-electron chi connectivity index (χ2n) is 4.28. The molecule has 0 saturated heterocycles. The van der Waals surface area contributed by atoms with Crippen LogP contribution in [0, 0.1) is 0 Å². The lowest BCUT2D eigenvalue weighted by Gasteiger charge is -2.22. The summed E-state index contributed by atoms with van der Waals surface area (Å²) in [6, 6.07) is 0. The standard InChI is InChI=1S/C14H22O2/c1-5-15-13(10-9-11(2)3)14-8-6-7-12(4)16-14/h8-10,12H,5-7H2,1-4H3/b13-10-. The topological polar surface area (TPSA) is 18.5 Å². The molecule has 0 aromatic carbocycles. The van der Waals surface area contributed by atoms with Crippen LogP contribution >= 0.6 is 0 Å². The molecule has 0 radical (unpaired) electrons. The van der Waals surface area contributed by atoms with Crippen molar-refractivity contribution in [3.05, 3.63) is 35.3 Å². The Labute approximate surface area is 98.6 Å². The molecule has 1 heterocycles. The zero-order chi connectivity index (χ0) is 12.0. The van der Waals surface area contributed by atoms with Gasteiger partial charge in [-0.1, -0.05) is 11.6 Å². The van der Waals surface area contributed by atoms with Crippen molar-refractivity contribution < 1.29 is 9.47 Å². The van der Waals surface area contributed by atoms with E-state index in [9.17, 15) is 0 Å². The molecule has 1 unspecified atom stereocenters. The van der Waals surface area contributed by atoms with Crippen LogP contribution in [0.15, 0.2) is 35.3 Å². The van der Waals surface area contributed by atoms with Gasteiger partial charge in [0, 0.05) is 0 Å². The minimum atomic E-state index is 0.288. The molecule has 0 bridgehead atoms. The van der Waals surface area contributed by atoms with Gasteiger partial charge in [-0.2, -0.15) is 0 Å². The Morgan fingerprint density at radius 3 is 2.81 bits per heavy atom. The van der Waals surface area contributed by atoms with Crippen LogP contribution in [-0.4, -0.2) is 12.7 Å². The quantitative estimate of drug-likeness (QED) is 0.529. The Morgan fingerprint density at radius 2 is 2.25 bits per heavy atom. The van der Waals surface area contributed by atoms with E-state index >= 15 is 0 Å². The molecule has 1 atom stereocenters. The largest absolute Gasteiger partial charge is 0.490 e. The van der Waals surface area contributed by atoms with Gasteiger partial charge >= 0.3 is 0 Å². The van der Waals surface area contributed by atoms with Crippen LogP contribution in [-0.2, 0) is 9.47 Å². The summed E-state index contributed by atoms with van der Waals surface area (Å²) in [4.78, 5) is 0. The predicted octanol–water partition coefficient (Wildman–Crippen LogP) is 3.96. The molecule has 90 valence electrons. The molecule has 0 aromatic heterocycles. The van der Waals surface area contributed by atoms with E-state index in [0.717, 1.165) is 24.4 Å². The molecular weight excluding hydrogens is 200 g/mol. The maximum absolute atomic E-state index is 5.77. The molecular formula is C14H22O2. The van der Waals surface area contributed by atoms with Gasteiger partial charge in [0.15, 0.2) is 11.5 Å². The van der Waals surface area contributed by atoms with Gasteiger partial charge in [-0.25, -0.2) is 0 Å². The highest BCUT2D eigenvalue weighted by molar-refractivity contribution is 5.26. The van der Waals surface area contributed by atoms with Gasteiger partial charge < -0.3 is 9.47 Å². The first kappa shape index (κ1) is 12.9. The first-order valence-electron chi connectivity index (χ1n) is 5.98. The summed E-state index contributed by atoms with van der Waals surface area (Å²) in [6.45, 7) is 8.88. The summed E-state index contributed by atoms with van der Waals surface area (Å²) >= 11 is 0. The lowest BCUT2D eigenvalue weighted by molar-refractivity contribution is 0.0893. The molecule has 0 amide bonds. The third kappa shape index (κ3) is 4.13. The molecule has 1 aliphatic heterocycles. The highest BCUT2D eigenvalue weighted by Crippen LogP contribution is 2.23. The van der Waals surface area contributed by atoms with Crippen molar-refractivity contribution in [3.63, 3.8) is 0 Å². The maximum atomic E-state index is 5.77. The van der Waals surface area contributed by atoms with E-state index in [-0.39, 0.29) is 6.10 Å². The highest BCUT2D eigenvalue weighted by Gasteiger charge is 2.15. The number of hydrogen-bond acceptors (Lipinski definition) is 2. The molecule has 0 aromatic rings. The van der Waals surface area contributed by atoms with E-state index in [1.165, 1.54) is 5.57 Å². The Kier molecular flexibility index (Phi) is 5.17. The minimum Gasteiger partial charge on any atom is -0.490 e. The van der Waals surface area contributed by atoms with Crippen molar-refractivity contribution in [2.45, 2.75) is 46.6 Å². The summed E-state index contributed by atoms with van der Waals surface area (Å²) in [7, 11) is 0. The van der Waals surface area contributed by atoms with Crippen molar-refractivity contribution >= 4 is 0 Å². The normalized spacial score (nSPS) is 20.9. The number of allylic oxidation sites excluding steroid dienone is 4. The first-order chi connectivity index (χ1) is 7.63. The SMILES string of the molecule is CCO/C(=C\C=C(C)C)C1=CCCC(C)O1. The van der Waals surface area contributed by atoms with Crippen LogP contribution in [0.2, 0.25) is 0 Å². The smallest absolute Gasteiger partial charge is 0.160 e. The monoisotopic (exact) mass is 222 g/mol. The minimum absolute atomic E-state index is 0.288. The van der Waals surface area contributed by atoms with Gasteiger partial charge in [0.1, 0.15) is 0 Å². The van der Waals surface area contributed by atoms with Gasteiger partial charge in [0.2, 0.25) is 0 Å². The van der Waals surface area contributed by atoms with Gasteiger partial charge in [-0.15, -0.1) is 0 Å². The summed E-state index contributed by atoms with van der Waals surface area (Å²) < 4.78 is 11.4. The fourth-order valence-corrected chi connectivity index (χ4v) is 1.53. The molecule has 1 aliphatic rings. The summed E-state index contributed by atoms with van der Waals surface area (Å²) in [6.07, 6.45) is 8.59. The highest BCUT2D eigenvalue weighted by atomic mass is 16.5. The van der Waals surface area contributed by atoms with E-state index in [2.05, 4.69) is 32.9 Å². The first-order valence-corrected chi connectivity index (χ1v) is 5.98. The molecule has 0 saturated carbocycles. The molecule has 2 nitrogen and oxygen atoms in total. The van der Waals surface area contributed by atoms with Crippen LogP contribution in [0.3, 0.4) is 0 Å². The molecule has 16 heavy (non-hydrogen) atoms. The Morgan fingerprint density at radius 1 is 1.50 bits per heavy atom. The van der Waals surface area contributed by atoms with Crippen molar-refractivity contribution in [1.29, 1.82) is 0 Å². The average Bonchev–Trinajstić information content (AvgIpc) is 2.24. The van der Waals surface area contributed by atoms with Gasteiger partial charge in [-0.05, 0) is 52.7 Å². The lowest BCUT2D eigenvalue weighted by Crippen LogP contribution is -2.14. The van der Waals surface area contributed by atoms with E-state index in [1.807, 2.05) is 13.0 Å². The predicted molar refractivity (Wildman–Crippen MR) is 67.0 cm³/mol. The molecule has 0 N–H and O–H groups in total. The third-order valence-electron chi connectivity index (χ3n) is 2.34. The zero-order valence-corrected chi connectivity index (χ0v) is 10.7. The Bertz CT molecular complexity index is 307. The second-order valence-corrected chi connectivity index (χ2v) is 4.28. The second kappa shape index (κ2) is 6.41. The van der Waals surface area contributed by atoms with Gasteiger partial charge in [0.05, 0.1) is 12.7 Å². The van der Waals surface area contributed by atoms with E-state index in [1.54, 1.807) is 0 Å². The molecule has 0 fully saturated rings. The Hall–Kier alpha value is -1.18. The molecule has 2 heteroatoms.